The molecule has 0 aromatic heterocycles. The fourth-order valence-electron chi connectivity index (χ4n) is 11.0. The minimum absolute atomic E-state index is 0.0198. The average molecular weight is 1320 g/mol. The number of carbonyl (C=O) groups is 4. The molecule has 4 aromatic rings. The van der Waals surface area contributed by atoms with Crippen molar-refractivity contribution in [2.45, 2.75) is 164 Å². The maximum atomic E-state index is 12.7. The molecule has 94 heavy (non-hydrogen) atoms. The number of aromatic carboxylic acids is 1. The van der Waals surface area contributed by atoms with Gasteiger partial charge in [-0.2, -0.15) is 10.2 Å². The van der Waals surface area contributed by atoms with E-state index in [0.717, 1.165) is 88.4 Å². The highest BCUT2D eigenvalue weighted by Crippen LogP contribution is 2.43. The first-order chi connectivity index (χ1) is 45.2. The molecule has 26 heteroatoms. The van der Waals surface area contributed by atoms with Crippen molar-refractivity contribution >= 4 is 74.9 Å². The molecular weight excluding hydrogens is 1240 g/mol. The van der Waals surface area contributed by atoms with Crippen LogP contribution in [0.5, 0.6) is 5.75 Å². The van der Waals surface area contributed by atoms with E-state index in [4.69, 9.17) is 40.3 Å². The number of anilines is 2. The lowest BCUT2D eigenvalue weighted by molar-refractivity contribution is -0.376. The summed E-state index contributed by atoms with van der Waals surface area (Å²) in [5, 5.41) is 103. The molecule has 3 aliphatic heterocycles. The Morgan fingerprint density at radius 2 is 1.09 bits per heavy atom. The second-order valence-corrected chi connectivity index (χ2v) is 24.1. The number of hydrogen-bond donors (Lipinski definition) is 11. The molecule has 11 N–H and O–H groups in total. The van der Waals surface area contributed by atoms with Crippen LogP contribution in [0.3, 0.4) is 0 Å². The molecule has 0 saturated carbocycles. The van der Waals surface area contributed by atoms with Gasteiger partial charge in [0.05, 0.1) is 16.9 Å². The van der Waals surface area contributed by atoms with Gasteiger partial charge in [-0.1, -0.05) is 70.3 Å². The zero-order valence-electron chi connectivity index (χ0n) is 52.5. The van der Waals surface area contributed by atoms with Crippen molar-refractivity contribution in [2.75, 3.05) is 50.6 Å². The summed E-state index contributed by atoms with van der Waals surface area (Å²) in [5.41, 5.74) is 4.80. The zero-order valence-corrected chi connectivity index (χ0v) is 53.4. The Morgan fingerprint density at radius 3 is 1.63 bits per heavy atom. The summed E-state index contributed by atoms with van der Waals surface area (Å²) in [6, 6.07) is 28.2. The molecule has 1 aliphatic carbocycles. The summed E-state index contributed by atoms with van der Waals surface area (Å²) in [7, 11) is 3.93. The summed E-state index contributed by atoms with van der Waals surface area (Å²) in [4.78, 5) is 64.8. The number of ether oxygens (including phenoxy) is 5. The molecule has 4 aliphatic rings. The van der Waals surface area contributed by atoms with Crippen LogP contribution in [0, 0.1) is 0 Å². The number of phenols is 1. The number of fused-ring (bicyclic) bond motifs is 2. The number of benzene rings is 5. The molecule has 8 rings (SSSR count). The van der Waals surface area contributed by atoms with Gasteiger partial charge in [0.15, 0.2) is 23.1 Å². The molecule has 3 heterocycles. The lowest BCUT2D eigenvalue weighted by Gasteiger charge is -2.44. The van der Waals surface area contributed by atoms with Crippen molar-refractivity contribution in [3.05, 3.63) is 124 Å². The van der Waals surface area contributed by atoms with Gasteiger partial charge in [-0.15, -0.1) is 0 Å². The Labute approximate surface area is 549 Å². The number of carbonyl (C=O) groups excluding carboxylic acids is 3. The third-order valence-corrected chi connectivity index (χ3v) is 16.6. The molecule has 1 amide bonds. The number of nitrogens with zero attached hydrogens (tertiary/aromatic N) is 3. The van der Waals surface area contributed by atoms with Crippen LogP contribution in [0.1, 0.15) is 123 Å². The van der Waals surface area contributed by atoms with Crippen LogP contribution in [0.15, 0.2) is 123 Å². The van der Waals surface area contributed by atoms with Crippen molar-refractivity contribution < 1.29 is 88.1 Å². The van der Waals surface area contributed by atoms with Gasteiger partial charge in [0, 0.05) is 85.6 Å². The van der Waals surface area contributed by atoms with Crippen molar-refractivity contribution in [3.8, 4) is 28.2 Å². The first-order valence-electron chi connectivity index (χ1n) is 31.8. The number of carboxylic acids is 1. The Balaban J connectivity index is 0.648. The first kappa shape index (κ1) is 71.8. The predicted octanol–water partition coefficient (Wildman–Crippen LogP) is 8.13. The summed E-state index contributed by atoms with van der Waals surface area (Å²) in [6.45, 7) is 0.0599. The van der Waals surface area contributed by atoms with E-state index in [1.807, 2.05) is 43.3 Å². The molecule has 10 atom stereocenters. The molecule has 0 radical (unpaired) electrons. The van der Waals surface area contributed by atoms with Gasteiger partial charge in [0.25, 0.3) is 5.91 Å². The quantitative estimate of drug-likeness (QED) is 0.00609. The van der Waals surface area contributed by atoms with Crippen LogP contribution in [0.2, 0.25) is 0 Å². The molecule has 2 saturated heterocycles. The number of azo groups is 1. The van der Waals surface area contributed by atoms with Crippen LogP contribution in [0.4, 0.5) is 22.7 Å². The normalized spacial score (nSPS) is 21.2. The van der Waals surface area contributed by atoms with E-state index in [1.165, 1.54) is 30.3 Å². The number of hydrogen-bond acceptors (Lipinski definition) is 22. The SMILES string of the molecule is CN(C)c1ccc(N=Nc2ccc(C(=O)NCCCCCCCCCC(=O)OCC3O[C@H](O[C@H]4OC(COC(=O)CCCCCCCCCNC(=S)Nc5ccc(-c6c7ccc(=O)cc-7oc7cc(O)ccc67)c(C(=O)O)c5)[C@@H](O)C(O)C4O)C(O)C(O)[C@@H]3O)cc2)cc1. The van der Waals surface area contributed by atoms with E-state index in [9.17, 15) is 64.8 Å². The van der Waals surface area contributed by atoms with E-state index in [0.29, 0.717) is 70.1 Å². The van der Waals surface area contributed by atoms with Crippen LogP contribution >= 0.6 is 12.2 Å². The second-order valence-electron chi connectivity index (χ2n) is 23.7. The van der Waals surface area contributed by atoms with Gasteiger partial charge in [0.2, 0.25) is 0 Å². The summed E-state index contributed by atoms with van der Waals surface area (Å²) >= 11 is 5.50. The number of rotatable bonds is 33. The van der Waals surface area contributed by atoms with Crippen LogP contribution in [-0.4, -0.2) is 172 Å². The number of unbranched alkanes of at least 4 members (excludes halogenated alkanes) is 12. The van der Waals surface area contributed by atoms with Gasteiger partial charge < -0.3 is 89.8 Å². The highest BCUT2D eigenvalue weighted by atomic mass is 32.1. The lowest BCUT2D eigenvalue weighted by atomic mass is 9.90. The molecule has 506 valence electrons. The van der Waals surface area contributed by atoms with Gasteiger partial charge in [-0.3, -0.25) is 19.2 Å². The number of carboxylic acid groups (broad SMARTS) is 1. The highest BCUT2D eigenvalue weighted by Gasteiger charge is 2.50. The van der Waals surface area contributed by atoms with Gasteiger partial charge in [-0.05, 0) is 128 Å². The first-order valence-corrected chi connectivity index (χ1v) is 32.2. The highest BCUT2D eigenvalue weighted by molar-refractivity contribution is 7.80. The monoisotopic (exact) mass is 1320 g/mol. The maximum Gasteiger partial charge on any atom is 0.336 e. The minimum Gasteiger partial charge on any atom is -0.508 e. The van der Waals surface area contributed by atoms with Crippen molar-refractivity contribution in [1.82, 2.24) is 10.6 Å². The summed E-state index contributed by atoms with van der Waals surface area (Å²) in [5.74, 6) is -2.33. The van der Waals surface area contributed by atoms with Crippen LogP contribution < -0.4 is 26.3 Å². The van der Waals surface area contributed by atoms with E-state index in [-0.39, 0.29) is 46.8 Å². The standard InChI is InChI=1S/C68H84N6O19S/c1-74(2)44-26-23-42(24-27-44)73-72-41-21-19-40(20-22-41)64(85)69-33-15-11-7-3-5-9-13-17-55(77)88-38-53-58(79)60(81)62(83)66(91-53)93-67-63(84)61(82)59(80)54(92-67)39-89-56(78)18-14-10-6-4-8-12-16-34-70-68(94)71-43-25-30-47(50(35-43)65(86)87)57-48-31-28-45(75)36-51(48)90-52-37-46(76)29-32-49(52)57/h19-32,35-37,53-54,58-63,66-67,75,79-84H,3-18,33-34,38-39H2,1-2H3,(H,69,85)(H,86,87)(H2,70,71,94)/t53?,54?,58-,59-,60?,61?,62?,63?,66-,67-/m1/s1. The largest absolute Gasteiger partial charge is 0.508 e. The Hall–Kier alpha value is -8.02. The number of esters is 2. The Morgan fingerprint density at radius 1 is 0.574 bits per heavy atom. The van der Waals surface area contributed by atoms with Crippen LogP contribution in [0.25, 0.3) is 33.4 Å². The zero-order chi connectivity index (χ0) is 67.3. The lowest BCUT2D eigenvalue weighted by Crippen LogP contribution is -2.64. The minimum atomic E-state index is -1.89. The third kappa shape index (κ3) is 20.5. The molecule has 4 aromatic carbocycles. The number of nitrogens with one attached hydrogen (secondary N) is 3. The summed E-state index contributed by atoms with van der Waals surface area (Å²) in [6.07, 6.45) is -5.63. The molecule has 0 spiro atoms. The molecule has 25 nitrogen and oxygen atoms in total. The number of aliphatic hydroxyl groups is 6. The van der Waals surface area contributed by atoms with E-state index < -0.39 is 92.5 Å². The smallest absolute Gasteiger partial charge is 0.336 e. The number of phenolic OH excluding ortho intramolecular Hbond substituents is 1. The predicted molar refractivity (Wildman–Crippen MR) is 351 cm³/mol. The maximum absolute atomic E-state index is 12.7. The molecule has 6 unspecified atom stereocenters. The third-order valence-electron chi connectivity index (χ3n) is 16.3. The van der Waals surface area contributed by atoms with Crippen molar-refractivity contribution in [2.24, 2.45) is 10.2 Å². The summed E-state index contributed by atoms with van der Waals surface area (Å²) < 4.78 is 33.6. The van der Waals surface area contributed by atoms with E-state index >= 15 is 0 Å². The van der Waals surface area contributed by atoms with Gasteiger partial charge >= 0.3 is 17.9 Å². The molecule has 2 fully saturated rings. The number of aromatic hydroxyl groups is 1. The van der Waals surface area contributed by atoms with E-state index in [1.54, 1.807) is 48.5 Å². The van der Waals surface area contributed by atoms with Gasteiger partial charge in [-0.25, -0.2) is 4.79 Å². The fraction of sp³-hybridized carbons (Fsp3) is 0.471. The number of amides is 1. The average Bonchev–Trinajstić information content (AvgIpc) is 0.773. The number of thiocarbonyl (C=S) groups is 1. The Bertz CT molecular complexity index is 3540. The van der Waals surface area contributed by atoms with Crippen molar-refractivity contribution in [3.63, 3.8) is 0 Å². The fourth-order valence-corrected chi connectivity index (χ4v) is 11.2. The Kier molecular flexibility index (Phi) is 27.1. The second kappa shape index (κ2) is 35.5. The van der Waals surface area contributed by atoms with E-state index in [2.05, 4.69) is 26.2 Å². The topological polar surface area (TPSA) is 371 Å². The molecule has 0 bridgehead atoms. The molecular formula is C68H84N6O19S. The van der Waals surface area contributed by atoms with Crippen LogP contribution in [-0.2, 0) is 33.3 Å². The van der Waals surface area contributed by atoms with Gasteiger partial charge in [0.1, 0.15) is 79.1 Å². The number of aliphatic hydroxyl groups excluding tert-OH is 6. The van der Waals surface area contributed by atoms with Crippen molar-refractivity contribution in [1.29, 1.82) is 0 Å².